The molecular formula is C14H13Cl3N2OS. The highest BCUT2D eigenvalue weighted by Crippen LogP contribution is 2.29. The van der Waals surface area contributed by atoms with E-state index in [-0.39, 0.29) is 5.91 Å². The molecule has 1 aromatic carbocycles. The molecule has 2 aromatic rings. The average Bonchev–Trinajstić information content (AvgIpc) is 2.97. The molecule has 1 aromatic heterocycles. The van der Waals surface area contributed by atoms with Crippen LogP contribution in [0.2, 0.25) is 0 Å². The molecule has 0 bridgehead atoms. The molecule has 0 aliphatic rings. The second-order valence-corrected chi connectivity index (χ2v) is 7.61. The number of halogens is 3. The first-order valence-electron chi connectivity index (χ1n) is 6.15. The molecule has 0 radical (unpaired) electrons. The van der Waals surface area contributed by atoms with Crippen molar-refractivity contribution in [2.45, 2.75) is 16.5 Å². The van der Waals surface area contributed by atoms with E-state index in [0.29, 0.717) is 11.4 Å². The van der Waals surface area contributed by atoms with Gasteiger partial charge in [-0.1, -0.05) is 71.2 Å². The summed E-state index contributed by atoms with van der Waals surface area (Å²) < 4.78 is -1.65. The predicted octanol–water partition coefficient (Wildman–Crippen LogP) is 3.96. The first-order chi connectivity index (χ1) is 9.97. The normalized spacial score (nSPS) is 12.9. The van der Waals surface area contributed by atoms with Crippen LogP contribution in [0, 0.1) is 0 Å². The van der Waals surface area contributed by atoms with Crippen LogP contribution in [0.15, 0.2) is 47.8 Å². The Kier molecular flexibility index (Phi) is 5.90. The summed E-state index contributed by atoms with van der Waals surface area (Å²) in [4.78, 5) is 12.6. The molecule has 112 valence electrons. The van der Waals surface area contributed by atoms with Gasteiger partial charge >= 0.3 is 0 Å². The van der Waals surface area contributed by atoms with Crippen LogP contribution in [0.1, 0.15) is 15.2 Å². The third kappa shape index (κ3) is 5.16. The standard InChI is InChI=1S/C14H13Cl3N2OS/c15-14(16,17)13(18-9-10-5-2-1-3-6-10)19-12(20)11-7-4-8-21-11/h1-8,13,18H,9H2,(H,19,20)/t13-/m1/s1. The molecule has 21 heavy (non-hydrogen) atoms. The third-order valence-electron chi connectivity index (χ3n) is 2.70. The zero-order valence-corrected chi connectivity index (χ0v) is 13.9. The number of benzene rings is 1. The van der Waals surface area contributed by atoms with Crippen LogP contribution in [-0.4, -0.2) is 15.9 Å². The van der Waals surface area contributed by atoms with E-state index in [0.717, 1.165) is 5.56 Å². The van der Waals surface area contributed by atoms with Gasteiger partial charge in [0.05, 0.1) is 4.88 Å². The van der Waals surface area contributed by atoms with E-state index in [9.17, 15) is 4.79 Å². The number of hydrogen-bond acceptors (Lipinski definition) is 3. The van der Waals surface area contributed by atoms with Crippen molar-refractivity contribution in [1.29, 1.82) is 0 Å². The van der Waals surface area contributed by atoms with E-state index in [4.69, 9.17) is 34.8 Å². The molecule has 1 amide bonds. The van der Waals surface area contributed by atoms with Gasteiger partial charge in [-0.25, -0.2) is 0 Å². The van der Waals surface area contributed by atoms with E-state index in [1.54, 1.807) is 12.1 Å². The molecule has 0 aliphatic heterocycles. The molecule has 1 atom stereocenters. The van der Waals surface area contributed by atoms with Crippen molar-refractivity contribution >= 4 is 52.0 Å². The van der Waals surface area contributed by atoms with Gasteiger partial charge in [0.25, 0.3) is 5.91 Å². The molecule has 0 fully saturated rings. The predicted molar refractivity (Wildman–Crippen MR) is 89.1 cm³/mol. The molecule has 0 saturated heterocycles. The van der Waals surface area contributed by atoms with Gasteiger partial charge in [-0.05, 0) is 17.0 Å². The van der Waals surface area contributed by atoms with E-state index in [1.165, 1.54) is 11.3 Å². The van der Waals surface area contributed by atoms with Gasteiger partial charge in [0, 0.05) is 6.54 Å². The number of hydrogen-bond donors (Lipinski definition) is 2. The lowest BCUT2D eigenvalue weighted by molar-refractivity contribution is 0.0933. The molecule has 2 N–H and O–H groups in total. The van der Waals surface area contributed by atoms with Gasteiger partial charge in [-0.15, -0.1) is 11.3 Å². The summed E-state index contributed by atoms with van der Waals surface area (Å²) in [6, 6.07) is 13.2. The van der Waals surface area contributed by atoms with Crippen molar-refractivity contribution in [1.82, 2.24) is 10.6 Å². The van der Waals surface area contributed by atoms with Crippen LogP contribution in [0.3, 0.4) is 0 Å². The van der Waals surface area contributed by atoms with Gasteiger partial charge in [0.15, 0.2) is 0 Å². The van der Waals surface area contributed by atoms with Gasteiger partial charge < -0.3 is 5.32 Å². The summed E-state index contributed by atoms with van der Waals surface area (Å²) in [5.74, 6) is -0.276. The molecule has 1 heterocycles. The maximum Gasteiger partial charge on any atom is 0.262 e. The number of nitrogens with one attached hydrogen (secondary N) is 2. The molecule has 7 heteroatoms. The summed E-state index contributed by atoms with van der Waals surface area (Å²) in [6.45, 7) is 0.476. The summed E-state index contributed by atoms with van der Waals surface area (Å²) in [5, 5.41) is 7.56. The van der Waals surface area contributed by atoms with Gasteiger partial charge in [0.1, 0.15) is 6.17 Å². The van der Waals surface area contributed by atoms with Crippen LogP contribution in [0.5, 0.6) is 0 Å². The maximum absolute atomic E-state index is 12.1. The molecular weight excluding hydrogens is 351 g/mol. The number of thiophene rings is 1. The molecule has 0 saturated carbocycles. The Balaban J connectivity index is 2.00. The van der Waals surface area contributed by atoms with Crippen LogP contribution < -0.4 is 10.6 Å². The number of rotatable bonds is 5. The van der Waals surface area contributed by atoms with Crippen LogP contribution in [0.4, 0.5) is 0 Å². The summed E-state index contributed by atoms with van der Waals surface area (Å²) in [7, 11) is 0. The average molecular weight is 364 g/mol. The Bertz CT molecular complexity index is 570. The fraction of sp³-hybridized carbons (Fsp3) is 0.214. The molecule has 2 rings (SSSR count). The van der Waals surface area contributed by atoms with Crippen molar-refractivity contribution in [3.63, 3.8) is 0 Å². The smallest absolute Gasteiger partial charge is 0.262 e. The van der Waals surface area contributed by atoms with Crippen molar-refractivity contribution in [3.8, 4) is 0 Å². The number of alkyl halides is 3. The van der Waals surface area contributed by atoms with Gasteiger partial charge in [0.2, 0.25) is 3.79 Å². The van der Waals surface area contributed by atoms with Crippen LogP contribution >= 0.6 is 46.1 Å². The van der Waals surface area contributed by atoms with Crippen LogP contribution in [0.25, 0.3) is 0 Å². The molecule has 0 spiro atoms. The number of carbonyl (C=O) groups is 1. The minimum Gasteiger partial charge on any atom is -0.332 e. The second kappa shape index (κ2) is 7.47. The second-order valence-electron chi connectivity index (χ2n) is 4.29. The monoisotopic (exact) mass is 362 g/mol. The lowest BCUT2D eigenvalue weighted by Gasteiger charge is -2.26. The van der Waals surface area contributed by atoms with Crippen molar-refractivity contribution in [2.24, 2.45) is 0 Å². The quantitative estimate of drug-likeness (QED) is 0.623. The highest BCUT2D eigenvalue weighted by atomic mass is 35.6. The summed E-state index contributed by atoms with van der Waals surface area (Å²) >= 11 is 19.1. The molecule has 0 unspecified atom stereocenters. The maximum atomic E-state index is 12.1. The lowest BCUT2D eigenvalue weighted by Crippen LogP contribution is -2.52. The molecule has 3 nitrogen and oxygen atoms in total. The topological polar surface area (TPSA) is 41.1 Å². The highest BCUT2D eigenvalue weighted by Gasteiger charge is 2.33. The number of amides is 1. The Morgan fingerprint density at radius 2 is 1.86 bits per heavy atom. The van der Waals surface area contributed by atoms with Gasteiger partial charge in [-0.3, -0.25) is 10.1 Å². The SMILES string of the molecule is O=C(N[C@@H](NCc1ccccc1)C(Cl)(Cl)Cl)c1cccs1. The minimum atomic E-state index is -1.65. The van der Waals surface area contributed by atoms with Crippen molar-refractivity contribution in [2.75, 3.05) is 0 Å². The summed E-state index contributed by atoms with van der Waals surface area (Å²) in [6.07, 6.45) is -0.794. The van der Waals surface area contributed by atoms with E-state index < -0.39 is 9.96 Å². The Morgan fingerprint density at radius 3 is 2.43 bits per heavy atom. The first kappa shape index (κ1) is 16.6. The Hall–Kier alpha value is -0.780. The molecule has 0 aliphatic carbocycles. The fourth-order valence-corrected chi connectivity index (χ4v) is 2.70. The van der Waals surface area contributed by atoms with E-state index in [2.05, 4.69) is 10.6 Å². The zero-order valence-electron chi connectivity index (χ0n) is 10.9. The van der Waals surface area contributed by atoms with Gasteiger partial charge in [-0.2, -0.15) is 0 Å². The highest BCUT2D eigenvalue weighted by molar-refractivity contribution is 7.12. The van der Waals surface area contributed by atoms with Crippen LogP contribution in [-0.2, 0) is 6.54 Å². The van der Waals surface area contributed by atoms with Crippen molar-refractivity contribution < 1.29 is 4.79 Å². The van der Waals surface area contributed by atoms with Crippen molar-refractivity contribution in [3.05, 3.63) is 58.3 Å². The Morgan fingerprint density at radius 1 is 1.14 bits per heavy atom. The third-order valence-corrected chi connectivity index (χ3v) is 4.22. The first-order valence-corrected chi connectivity index (χ1v) is 8.16. The van der Waals surface area contributed by atoms with E-state index >= 15 is 0 Å². The fourth-order valence-electron chi connectivity index (χ4n) is 1.67. The minimum absolute atomic E-state index is 0.276. The Labute approximate surface area is 142 Å². The lowest BCUT2D eigenvalue weighted by atomic mass is 10.2. The largest absolute Gasteiger partial charge is 0.332 e. The number of carbonyl (C=O) groups excluding carboxylic acids is 1. The zero-order chi connectivity index (χ0) is 15.3. The summed E-state index contributed by atoms with van der Waals surface area (Å²) in [5.41, 5.74) is 1.03. The van der Waals surface area contributed by atoms with E-state index in [1.807, 2.05) is 35.7 Å².